The third kappa shape index (κ3) is 8.41. The first-order valence-electron chi connectivity index (χ1n) is 17.2. The zero-order valence-electron chi connectivity index (χ0n) is 30.4. The maximum atomic E-state index is 6.28. The Kier molecular flexibility index (Phi) is 11.4. The SMILES string of the molecule is CC(C)(C)c1ccnc(-c2[c-]ccc3c2oc2ccc(-c4ccccc4)cc23)c1.CC(C)Cc1cc(-c2[c-]cccc2)ncc1[Si](C)(C)C.[Ir]. The van der Waals surface area contributed by atoms with Gasteiger partial charge in [-0.2, -0.15) is 0 Å². The van der Waals surface area contributed by atoms with E-state index in [-0.39, 0.29) is 25.5 Å². The second kappa shape index (κ2) is 15.4. The van der Waals surface area contributed by atoms with Gasteiger partial charge in [-0.3, -0.25) is 0 Å². The van der Waals surface area contributed by atoms with Gasteiger partial charge in [0.15, 0.2) is 0 Å². The van der Waals surface area contributed by atoms with Crippen LogP contribution in [-0.4, -0.2) is 18.0 Å². The van der Waals surface area contributed by atoms with Crippen LogP contribution in [-0.2, 0) is 31.9 Å². The maximum Gasteiger partial charge on any atom is 0.120 e. The molecule has 4 aromatic carbocycles. The van der Waals surface area contributed by atoms with Gasteiger partial charge in [0.05, 0.1) is 13.7 Å². The van der Waals surface area contributed by atoms with Crippen LogP contribution >= 0.6 is 0 Å². The smallest absolute Gasteiger partial charge is 0.120 e. The minimum Gasteiger partial charge on any atom is -0.501 e. The molecule has 0 aliphatic carbocycles. The Balaban J connectivity index is 0.000000204. The molecule has 0 fully saturated rings. The summed E-state index contributed by atoms with van der Waals surface area (Å²) in [7, 11) is -1.34. The van der Waals surface area contributed by atoms with Crippen molar-refractivity contribution in [2.45, 2.75) is 66.1 Å². The van der Waals surface area contributed by atoms with Crippen LogP contribution in [0.4, 0.5) is 0 Å². The molecule has 0 N–H and O–H groups in total. The summed E-state index contributed by atoms with van der Waals surface area (Å²) in [6.07, 6.45) is 5.11. The molecule has 0 aliphatic heterocycles. The molecule has 3 aromatic heterocycles. The Morgan fingerprint density at radius 2 is 1.50 bits per heavy atom. The maximum absolute atomic E-state index is 6.28. The van der Waals surface area contributed by atoms with Crippen molar-refractivity contribution in [3.05, 3.63) is 139 Å². The van der Waals surface area contributed by atoms with Crippen molar-refractivity contribution < 1.29 is 24.5 Å². The van der Waals surface area contributed by atoms with E-state index in [2.05, 4.69) is 155 Å². The summed E-state index contributed by atoms with van der Waals surface area (Å²) in [6, 6.07) is 42.0. The third-order valence-electron chi connectivity index (χ3n) is 8.83. The van der Waals surface area contributed by atoms with Crippen molar-refractivity contribution in [2.75, 3.05) is 0 Å². The fourth-order valence-corrected chi connectivity index (χ4v) is 7.85. The van der Waals surface area contributed by atoms with Crippen LogP contribution in [0.1, 0.15) is 45.7 Å². The number of furan rings is 1. The van der Waals surface area contributed by atoms with E-state index in [9.17, 15) is 0 Å². The standard InChI is InChI=1S/C27H22NO.C18H24NSi.Ir/c1-27(2,3)20-14-15-28-24(17-20)22-11-7-10-21-23-16-19(18-8-5-4-6-9-18)12-13-25(23)29-26(21)22;1-14(2)11-16-12-17(15-9-7-6-8-10-15)19-13-18(16)20(3,4)5;/h4-10,12-17H,1-3H3;6-9,12-14H,11H2,1-5H3;/q2*-1;. The summed E-state index contributed by atoms with van der Waals surface area (Å²) >= 11 is 0. The van der Waals surface area contributed by atoms with E-state index in [0.717, 1.165) is 50.9 Å². The van der Waals surface area contributed by atoms with Crippen LogP contribution in [0, 0.1) is 18.1 Å². The summed E-state index contributed by atoms with van der Waals surface area (Å²) in [6.45, 7) is 18.4. The third-order valence-corrected chi connectivity index (χ3v) is 10.9. The average molecular weight is 851 g/mol. The molecule has 0 bridgehead atoms. The Bertz CT molecular complexity index is 2190. The van der Waals surface area contributed by atoms with E-state index in [1.165, 1.54) is 27.4 Å². The summed E-state index contributed by atoms with van der Waals surface area (Å²) in [5.41, 5.74) is 10.8. The fraction of sp³-hybridized carbons (Fsp3) is 0.244. The van der Waals surface area contributed by atoms with Gasteiger partial charge in [0.1, 0.15) is 5.58 Å². The molecule has 3 heterocycles. The molecule has 7 rings (SSSR count). The van der Waals surface area contributed by atoms with Crippen LogP contribution in [0.5, 0.6) is 0 Å². The molecule has 50 heavy (non-hydrogen) atoms. The van der Waals surface area contributed by atoms with Crippen molar-refractivity contribution in [1.29, 1.82) is 0 Å². The van der Waals surface area contributed by atoms with Gasteiger partial charge in [0, 0.05) is 37.9 Å². The van der Waals surface area contributed by atoms with E-state index < -0.39 is 8.07 Å². The van der Waals surface area contributed by atoms with Crippen LogP contribution in [0.15, 0.2) is 120 Å². The Hall–Kier alpha value is -4.15. The zero-order chi connectivity index (χ0) is 34.8. The molecule has 0 saturated heterocycles. The van der Waals surface area contributed by atoms with Crippen molar-refractivity contribution in [1.82, 2.24) is 9.97 Å². The van der Waals surface area contributed by atoms with Crippen LogP contribution in [0.3, 0.4) is 0 Å². The number of hydrogen-bond donors (Lipinski definition) is 0. The van der Waals surface area contributed by atoms with Crippen molar-refractivity contribution >= 4 is 35.2 Å². The summed E-state index contributed by atoms with van der Waals surface area (Å²) in [5.74, 6) is 0.667. The molecule has 0 unspecified atom stereocenters. The molecule has 1 radical (unpaired) electrons. The molecule has 0 saturated carbocycles. The number of nitrogens with zero attached hydrogens (tertiary/aromatic N) is 2. The molecule has 0 atom stereocenters. The minimum atomic E-state index is -1.34. The second-order valence-corrected chi connectivity index (χ2v) is 20.3. The molecule has 0 spiro atoms. The van der Waals surface area contributed by atoms with Gasteiger partial charge in [-0.25, -0.2) is 0 Å². The van der Waals surface area contributed by atoms with E-state index >= 15 is 0 Å². The minimum absolute atomic E-state index is 0. The second-order valence-electron chi connectivity index (χ2n) is 15.3. The summed E-state index contributed by atoms with van der Waals surface area (Å²) < 4.78 is 6.28. The molecule has 5 heteroatoms. The Labute approximate surface area is 312 Å². The molecule has 0 amide bonds. The fourth-order valence-electron chi connectivity index (χ4n) is 6.26. The topological polar surface area (TPSA) is 38.9 Å². The van der Waals surface area contributed by atoms with E-state index in [1.54, 1.807) is 0 Å². The predicted molar refractivity (Wildman–Crippen MR) is 210 cm³/mol. The molecule has 3 nitrogen and oxygen atoms in total. The van der Waals surface area contributed by atoms with Crippen LogP contribution < -0.4 is 5.19 Å². The first kappa shape index (κ1) is 37.1. The quantitative estimate of drug-likeness (QED) is 0.124. The van der Waals surface area contributed by atoms with Gasteiger partial charge in [-0.1, -0.05) is 119 Å². The normalized spacial score (nSPS) is 11.7. The van der Waals surface area contributed by atoms with Gasteiger partial charge in [-0.15, -0.1) is 54.1 Å². The van der Waals surface area contributed by atoms with Gasteiger partial charge in [-0.05, 0) is 69.2 Å². The van der Waals surface area contributed by atoms with Crippen LogP contribution in [0.25, 0.3) is 55.6 Å². The number of pyridine rings is 2. The molecular weight excluding hydrogens is 805 g/mol. The summed E-state index contributed by atoms with van der Waals surface area (Å²) in [5, 5.41) is 3.70. The number of aromatic nitrogens is 2. The Morgan fingerprint density at radius 3 is 2.18 bits per heavy atom. The van der Waals surface area contributed by atoms with Crippen molar-refractivity contribution in [3.63, 3.8) is 0 Å². The number of fused-ring (bicyclic) bond motifs is 3. The number of rotatable bonds is 6. The van der Waals surface area contributed by atoms with Crippen LogP contribution in [0.2, 0.25) is 19.6 Å². The first-order valence-corrected chi connectivity index (χ1v) is 20.7. The molecule has 7 aromatic rings. The van der Waals surface area contributed by atoms with Gasteiger partial charge >= 0.3 is 0 Å². The monoisotopic (exact) mass is 851 g/mol. The first-order chi connectivity index (χ1) is 23.4. The van der Waals surface area contributed by atoms with E-state index in [4.69, 9.17) is 4.42 Å². The predicted octanol–water partition coefficient (Wildman–Crippen LogP) is 11.7. The molecule has 0 aliphatic rings. The Morgan fingerprint density at radius 1 is 0.740 bits per heavy atom. The average Bonchev–Trinajstić information content (AvgIpc) is 3.46. The van der Waals surface area contributed by atoms with E-state index in [1.807, 2.05) is 36.5 Å². The van der Waals surface area contributed by atoms with Crippen molar-refractivity contribution in [3.8, 4) is 33.6 Å². The number of hydrogen-bond acceptors (Lipinski definition) is 3. The van der Waals surface area contributed by atoms with E-state index in [0.29, 0.717) is 5.92 Å². The number of benzene rings is 4. The van der Waals surface area contributed by atoms with Crippen molar-refractivity contribution in [2.24, 2.45) is 5.92 Å². The van der Waals surface area contributed by atoms with Gasteiger partial charge < -0.3 is 14.4 Å². The molecular formula is C45H46IrN2OSi-2. The molecule has 257 valence electrons. The largest absolute Gasteiger partial charge is 0.501 e. The van der Waals surface area contributed by atoms with Gasteiger partial charge in [0.2, 0.25) is 0 Å². The zero-order valence-corrected chi connectivity index (χ0v) is 33.8. The van der Waals surface area contributed by atoms with Gasteiger partial charge in [0.25, 0.3) is 0 Å². The summed E-state index contributed by atoms with van der Waals surface area (Å²) in [4.78, 5) is 9.30.